The van der Waals surface area contributed by atoms with Crippen molar-refractivity contribution < 1.29 is 27.4 Å². The van der Waals surface area contributed by atoms with Crippen LogP contribution in [-0.4, -0.2) is 41.7 Å². The molecule has 2 aromatic carbocycles. The molecule has 160 valence electrons. The minimum Gasteiger partial charge on any atom is -0.493 e. The minimum atomic E-state index is -3.59. The Balaban J connectivity index is 1.73. The van der Waals surface area contributed by atoms with Crippen molar-refractivity contribution in [2.45, 2.75) is 23.8 Å². The summed E-state index contributed by atoms with van der Waals surface area (Å²) < 4.78 is 43.2. The molecule has 3 rings (SSSR count). The minimum absolute atomic E-state index is 0.00894. The number of amides is 1. The Morgan fingerprint density at radius 3 is 2.27 bits per heavy atom. The number of benzene rings is 2. The van der Waals surface area contributed by atoms with E-state index < -0.39 is 15.9 Å². The van der Waals surface area contributed by atoms with Crippen LogP contribution in [0.2, 0.25) is 0 Å². The molecule has 1 aliphatic carbocycles. The quantitative estimate of drug-likeness (QED) is 0.591. The maximum absolute atomic E-state index is 12.3. The molecule has 2 aromatic rings. The van der Waals surface area contributed by atoms with Gasteiger partial charge in [-0.25, -0.2) is 13.1 Å². The van der Waals surface area contributed by atoms with Crippen molar-refractivity contribution >= 4 is 27.7 Å². The van der Waals surface area contributed by atoms with Gasteiger partial charge in [-0.3, -0.25) is 4.79 Å². The number of hydrogen-bond acceptors (Lipinski definition) is 6. The van der Waals surface area contributed by atoms with Crippen molar-refractivity contribution in [3.63, 3.8) is 0 Å². The number of sulfonamides is 1. The van der Waals surface area contributed by atoms with E-state index in [1.165, 1.54) is 39.5 Å². The number of hydrogen-bond donors (Lipinski definition) is 2. The van der Waals surface area contributed by atoms with Gasteiger partial charge in [0.05, 0.1) is 26.2 Å². The molecule has 1 saturated carbocycles. The lowest BCUT2D eigenvalue weighted by atomic mass is 10.1. The normalized spacial score (nSPS) is 13.8. The van der Waals surface area contributed by atoms with E-state index in [0.717, 1.165) is 12.8 Å². The van der Waals surface area contributed by atoms with E-state index in [2.05, 4.69) is 10.0 Å². The molecule has 0 saturated heterocycles. The first-order valence-electron chi connectivity index (χ1n) is 9.27. The van der Waals surface area contributed by atoms with Gasteiger partial charge in [0, 0.05) is 17.8 Å². The van der Waals surface area contributed by atoms with Gasteiger partial charge in [-0.1, -0.05) is 6.07 Å². The van der Waals surface area contributed by atoms with Crippen LogP contribution in [0.25, 0.3) is 6.08 Å². The van der Waals surface area contributed by atoms with Crippen LogP contribution in [0.1, 0.15) is 18.4 Å². The second kappa shape index (κ2) is 9.19. The van der Waals surface area contributed by atoms with Gasteiger partial charge in [0.25, 0.3) is 0 Å². The number of nitrogens with one attached hydrogen (secondary N) is 2. The SMILES string of the molecule is COc1cc(C=CC(=O)Nc2cccc(S(=O)(=O)NC3CC3)c2)cc(OC)c1OC. The van der Waals surface area contributed by atoms with Crippen LogP contribution >= 0.6 is 0 Å². The predicted molar refractivity (Wildman–Crippen MR) is 114 cm³/mol. The summed E-state index contributed by atoms with van der Waals surface area (Å²) in [5.41, 5.74) is 1.05. The zero-order valence-corrected chi connectivity index (χ0v) is 17.8. The summed E-state index contributed by atoms with van der Waals surface area (Å²) in [6.07, 6.45) is 4.63. The highest BCUT2D eigenvalue weighted by atomic mass is 32.2. The average molecular weight is 432 g/mol. The first-order chi connectivity index (χ1) is 14.4. The third-order valence-corrected chi connectivity index (χ3v) is 5.94. The molecule has 0 atom stereocenters. The standard InChI is InChI=1S/C21H24N2O6S/c1-27-18-11-14(12-19(28-2)21(18)29-3)7-10-20(24)22-16-5-4-6-17(13-16)30(25,26)23-15-8-9-15/h4-7,10-13,15,23H,8-9H2,1-3H3,(H,22,24). The molecule has 0 aliphatic heterocycles. The van der Waals surface area contributed by atoms with Gasteiger partial charge >= 0.3 is 0 Å². The summed E-state index contributed by atoms with van der Waals surface area (Å²) in [5, 5.41) is 2.67. The molecule has 0 heterocycles. The topological polar surface area (TPSA) is 103 Å². The highest BCUT2D eigenvalue weighted by molar-refractivity contribution is 7.89. The van der Waals surface area contributed by atoms with Crippen molar-refractivity contribution in [1.29, 1.82) is 0 Å². The molecule has 0 aromatic heterocycles. The second-order valence-electron chi connectivity index (χ2n) is 6.70. The van der Waals surface area contributed by atoms with Crippen LogP contribution in [0.15, 0.2) is 47.4 Å². The second-order valence-corrected chi connectivity index (χ2v) is 8.42. The highest BCUT2D eigenvalue weighted by Gasteiger charge is 2.28. The Hall–Kier alpha value is -3.04. The van der Waals surface area contributed by atoms with Crippen molar-refractivity contribution in [1.82, 2.24) is 4.72 Å². The number of carbonyl (C=O) groups is 1. The van der Waals surface area contributed by atoms with Crippen LogP contribution in [0.4, 0.5) is 5.69 Å². The van der Waals surface area contributed by atoms with Gasteiger partial charge in [-0.05, 0) is 54.8 Å². The van der Waals surface area contributed by atoms with E-state index in [9.17, 15) is 13.2 Å². The molecule has 8 nitrogen and oxygen atoms in total. The lowest BCUT2D eigenvalue weighted by Crippen LogP contribution is -2.25. The molecule has 0 spiro atoms. The summed E-state index contributed by atoms with van der Waals surface area (Å²) in [6.45, 7) is 0. The zero-order valence-electron chi connectivity index (χ0n) is 17.0. The van der Waals surface area contributed by atoms with Crippen molar-refractivity contribution in [2.75, 3.05) is 26.6 Å². The van der Waals surface area contributed by atoms with Gasteiger partial charge in [0.1, 0.15) is 0 Å². The predicted octanol–water partition coefficient (Wildman–Crippen LogP) is 2.81. The molecular weight excluding hydrogens is 408 g/mol. The Labute approximate surface area is 175 Å². The number of anilines is 1. The molecule has 0 unspecified atom stereocenters. The van der Waals surface area contributed by atoms with E-state index in [-0.39, 0.29) is 10.9 Å². The molecule has 1 amide bonds. The largest absolute Gasteiger partial charge is 0.493 e. The maximum Gasteiger partial charge on any atom is 0.248 e. The summed E-state index contributed by atoms with van der Waals surface area (Å²) in [6, 6.07) is 9.56. The maximum atomic E-state index is 12.3. The van der Waals surface area contributed by atoms with E-state index in [4.69, 9.17) is 14.2 Å². The molecule has 0 bridgehead atoms. The van der Waals surface area contributed by atoms with Crippen LogP contribution in [0, 0.1) is 0 Å². The van der Waals surface area contributed by atoms with Crippen LogP contribution < -0.4 is 24.2 Å². The van der Waals surface area contributed by atoms with Crippen LogP contribution in [-0.2, 0) is 14.8 Å². The van der Waals surface area contributed by atoms with E-state index in [1.54, 1.807) is 30.3 Å². The van der Waals surface area contributed by atoms with Crippen molar-refractivity contribution in [3.05, 3.63) is 48.0 Å². The molecular formula is C21H24N2O6S. The zero-order chi connectivity index (χ0) is 21.7. The fraction of sp³-hybridized carbons (Fsp3) is 0.286. The van der Waals surface area contributed by atoms with E-state index in [0.29, 0.717) is 28.5 Å². The molecule has 0 radical (unpaired) electrons. The molecule has 1 fully saturated rings. The third-order valence-electron chi connectivity index (χ3n) is 4.43. The summed E-state index contributed by atoms with van der Waals surface area (Å²) >= 11 is 0. The average Bonchev–Trinajstić information content (AvgIpc) is 3.54. The van der Waals surface area contributed by atoms with Crippen LogP contribution in [0.5, 0.6) is 17.2 Å². The third kappa shape index (κ3) is 5.31. The fourth-order valence-electron chi connectivity index (χ4n) is 2.78. The Kier molecular flexibility index (Phi) is 6.63. The highest BCUT2D eigenvalue weighted by Crippen LogP contribution is 2.38. The monoisotopic (exact) mass is 432 g/mol. The van der Waals surface area contributed by atoms with Gasteiger partial charge in [0.2, 0.25) is 21.7 Å². The Bertz CT molecular complexity index is 1040. The number of rotatable bonds is 9. The Morgan fingerprint density at radius 2 is 1.70 bits per heavy atom. The lowest BCUT2D eigenvalue weighted by Gasteiger charge is -2.12. The molecule has 2 N–H and O–H groups in total. The Morgan fingerprint density at radius 1 is 1.03 bits per heavy atom. The first kappa shape index (κ1) is 21.7. The summed E-state index contributed by atoms with van der Waals surface area (Å²) in [7, 11) is 0.941. The fourth-order valence-corrected chi connectivity index (χ4v) is 4.13. The van der Waals surface area contributed by atoms with Crippen LogP contribution in [0.3, 0.4) is 0 Å². The first-order valence-corrected chi connectivity index (χ1v) is 10.8. The number of carbonyl (C=O) groups excluding carboxylic acids is 1. The van der Waals surface area contributed by atoms with E-state index >= 15 is 0 Å². The van der Waals surface area contributed by atoms with Gasteiger partial charge < -0.3 is 19.5 Å². The lowest BCUT2D eigenvalue weighted by molar-refractivity contribution is -0.111. The number of ether oxygens (including phenoxy) is 3. The van der Waals surface area contributed by atoms with Gasteiger partial charge in [-0.2, -0.15) is 0 Å². The van der Waals surface area contributed by atoms with Crippen molar-refractivity contribution in [3.8, 4) is 17.2 Å². The number of methoxy groups -OCH3 is 3. The van der Waals surface area contributed by atoms with Crippen molar-refractivity contribution in [2.24, 2.45) is 0 Å². The molecule has 1 aliphatic rings. The molecule has 9 heteroatoms. The summed E-state index contributed by atoms with van der Waals surface area (Å²) in [5.74, 6) is 0.990. The molecule has 30 heavy (non-hydrogen) atoms. The summed E-state index contributed by atoms with van der Waals surface area (Å²) in [4.78, 5) is 12.4. The van der Waals surface area contributed by atoms with E-state index in [1.807, 2.05) is 0 Å². The van der Waals surface area contributed by atoms with Gasteiger partial charge in [-0.15, -0.1) is 0 Å². The van der Waals surface area contributed by atoms with Gasteiger partial charge in [0.15, 0.2) is 11.5 Å². The smallest absolute Gasteiger partial charge is 0.248 e.